The number of aliphatic hydroxyl groups is 1. The first-order valence-electron chi connectivity index (χ1n) is 5.19. The molecule has 12 heavy (non-hydrogen) atoms. The number of nitrogens with zero attached hydrogens (tertiary/aromatic N) is 1. The van der Waals surface area contributed by atoms with Crippen molar-refractivity contribution >= 4 is 0 Å². The van der Waals surface area contributed by atoms with Crippen LogP contribution in [0.1, 0.15) is 32.6 Å². The van der Waals surface area contributed by atoms with Gasteiger partial charge in [0.05, 0.1) is 6.10 Å². The van der Waals surface area contributed by atoms with Gasteiger partial charge < -0.3 is 5.11 Å². The summed E-state index contributed by atoms with van der Waals surface area (Å²) in [5.41, 5.74) is 0. The van der Waals surface area contributed by atoms with E-state index in [1.54, 1.807) is 0 Å². The molecule has 0 aromatic rings. The maximum Gasteiger partial charge on any atom is 0.0704 e. The van der Waals surface area contributed by atoms with E-state index in [1.165, 1.54) is 25.8 Å². The molecule has 2 aliphatic rings. The highest BCUT2D eigenvalue weighted by atomic mass is 16.3. The number of likely N-dealkylation sites (tertiary alicyclic amines) is 1. The molecule has 2 rings (SSSR count). The lowest BCUT2D eigenvalue weighted by molar-refractivity contribution is 0.105. The summed E-state index contributed by atoms with van der Waals surface area (Å²) in [6.45, 7) is 4.49. The van der Waals surface area contributed by atoms with Crippen molar-refractivity contribution in [3.63, 3.8) is 0 Å². The third-order valence-corrected chi connectivity index (χ3v) is 3.56. The van der Waals surface area contributed by atoms with Gasteiger partial charge in [-0.3, -0.25) is 4.90 Å². The van der Waals surface area contributed by atoms with Crippen LogP contribution in [0.3, 0.4) is 0 Å². The molecule has 0 aromatic heterocycles. The molecular weight excluding hydrogens is 150 g/mol. The van der Waals surface area contributed by atoms with Crippen LogP contribution in [-0.4, -0.2) is 35.2 Å². The molecule has 0 unspecified atom stereocenters. The lowest BCUT2D eigenvalue weighted by atomic mass is 9.85. The zero-order chi connectivity index (χ0) is 8.55. The number of aliphatic hydroxyl groups excluding tert-OH is 1. The summed E-state index contributed by atoms with van der Waals surface area (Å²) in [5.74, 6) is 0.942. The van der Waals surface area contributed by atoms with Crippen LogP contribution >= 0.6 is 0 Å². The van der Waals surface area contributed by atoms with Crippen molar-refractivity contribution in [3.8, 4) is 0 Å². The first-order chi connectivity index (χ1) is 5.77. The third-order valence-electron chi connectivity index (χ3n) is 3.56. The van der Waals surface area contributed by atoms with Crippen LogP contribution in [0.25, 0.3) is 0 Å². The van der Waals surface area contributed by atoms with E-state index in [4.69, 9.17) is 0 Å². The predicted molar refractivity (Wildman–Crippen MR) is 49.0 cm³/mol. The molecule has 0 amide bonds. The van der Waals surface area contributed by atoms with Gasteiger partial charge in [0.15, 0.2) is 0 Å². The average Bonchev–Trinajstić information content (AvgIpc) is 2.27. The maximum atomic E-state index is 9.53. The zero-order valence-electron chi connectivity index (χ0n) is 7.87. The van der Waals surface area contributed by atoms with E-state index in [2.05, 4.69) is 11.8 Å². The molecule has 0 bridgehead atoms. The molecule has 1 aliphatic carbocycles. The van der Waals surface area contributed by atoms with Gasteiger partial charge in [-0.15, -0.1) is 0 Å². The van der Waals surface area contributed by atoms with Crippen molar-refractivity contribution in [1.82, 2.24) is 4.90 Å². The highest BCUT2D eigenvalue weighted by molar-refractivity contribution is 4.86. The van der Waals surface area contributed by atoms with E-state index in [-0.39, 0.29) is 6.10 Å². The van der Waals surface area contributed by atoms with E-state index >= 15 is 0 Å². The quantitative estimate of drug-likeness (QED) is 0.672. The number of hydrogen-bond donors (Lipinski definition) is 1. The van der Waals surface area contributed by atoms with E-state index in [1.807, 2.05) is 0 Å². The minimum Gasteiger partial charge on any atom is -0.391 e. The van der Waals surface area contributed by atoms with Gasteiger partial charge in [0.2, 0.25) is 0 Å². The second kappa shape index (κ2) is 3.35. The van der Waals surface area contributed by atoms with Crippen molar-refractivity contribution in [2.45, 2.75) is 44.8 Å². The van der Waals surface area contributed by atoms with E-state index < -0.39 is 0 Å². The minimum atomic E-state index is -0.0647. The van der Waals surface area contributed by atoms with Gasteiger partial charge in [-0.1, -0.05) is 6.42 Å². The largest absolute Gasteiger partial charge is 0.391 e. The Morgan fingerprint density at radius 3 is 2.50 bits per heavy atom. The van der Waals surface area contributed by atoms with Gasteiger partial charge in [0.1, 0.15) is 0 Å². The van der Waals surface area contributed by atoms with Crippen molar-refractivity contribution in [2.75, 3.05) is 13.1 Å². The Morgan fingerprint density at radius 2 is 2.08 bits per heavy atom. The topological polar surface area (TPSA) is 23.5 Å². The molecule has 0 aromatic carbocycles. The molecule has 70 valence electrons. The standard InChI is InChI=1S/C10H19NO/c1-8-10(12)5-6-11(8)7-9-3-2-4-9/h8-10,12H,2-7H2,1H3/t8-,10+/m0/s1. The smallest absolute Gasteiger partial charge is 0.0704 e. The molecule has 1 saturated carbocycles. The SMILES string of the molecule is C[C@H]1[C@H](O)CCN1CC1CCC1. The average molecular weight is 169 g/mol. The maximum absolute atomic E-state index is 9.53. The summed E-state index contributed by atoms with van der Waals surface area (Å²) in [7, 11) is 0. The predicted octanol–water partition coefficient (Wildman–Crippen LogP) is 1.24. The van der Waals surface area contributed by atoms with E-state index in [0.29, 0.717) is 6.04 Å². The Balaban J connectivity index is 1.79. The van der Waals surface area contributed by atoms with Gasteiger partial charge in [-0.2, -0.15) is 0 Å². The monoisotopic (exact) mass is 169 g/mol. The van der Waals surface area contributed by atoms with E-state index in [9.17, 15) is 5.11 Å². The minimum absolute atomic E-state index is 0.0647. The van der Waals surface area contributed by atoms with Crippen molar-refractivity contribution < 1.29 is 5.11 Å². The second-order valence-corrected chi connectivity index (χ2v) is 4.39. The van der Waals surface area contributed by atoms with E-state index in [0.717, 1.165) is 18.9 Å². The fourth-order valence-corrected chi connectivity index (χ4v) is 2.25. The molecule has 1 heterocycles. The molecule has 2 heteroatoms. The third kappa shape index (κ3) is 1.50. The van der Waals surface area contributed by atoms with Gasteiger partial charge in [-0.25, -0.2) is 0 Å². The van der Waals surface area contributed by atoms with Crippen LogP contribution in [-0.2, 0) is 0 Å². The van der Waals surface area contributed by atoms with Crippen LogP contribution in [0.5, 0.6) is 0 Å². The Bertz CT molecular complexity index is 156. The summed E-state index contributed by atoms with van der Waals surface area (Å²) < 4.78 is 0. The fourth-order valence-electron chi connectivity index (χ4n) is 2.25. The first-order valence-corrected chi connectivity index (χ1v) is 5.19. The molecule has 1 saturated heterocycles. The lowest BCUT2D eigenvalue weighted by Crippen LogP contribution is -2.37. The highest BCUT2D eigenvalue weighted by Gasteiger charge is 2.31. The Morgan fingerprint density at radius 1 is 1.33 bits per heavy atom. The van der Waals surface area contributed by atoms with Gasteiger partial charge in [-0.05, 0) is 32.1 Å². The van der Waals surface area contributed by atoms with Crippen LogP contribution < -0.4 is 0 Å². The number of hydrogen-bond acceptors (Lipinski definition) is 2. The molecular formula is C10H19NO. The summed E-state index contributed by atoms with van der Waals surface area (Å²) in [5, 5.41) is 9.53. The zero-order valence-corrected chi connectivity index (χ0v) is 7.87. The Hall–Kier alpha value is -0.0800. The Kier molecular flexibility index (Phi) is 2.37. The molecule has 1 N–H and O–H groups in total. The molecule has 0 spiro atoms. The summed E-state index contributed by atoms with van der Waals surface area (Å²) in [6, 6.07) is 0.408. The fraction of sp³-hybridized carbons (Fsp3) is 1.00. The van der Waals surface area contributed by atoms with Gasteiger partial charge >= 0.3 is 0 Å². The van der Waals surface area contributed by atoms with Gasteiger partial charge in [0, 0.05) is 19.1 Å². The summed E-state index contributed by atoms with van der Waals surface area (Å²) in [4.78, 5) is 2.45. The molecule has 2 nitrogen and oxygen atoms in total. The first kappa shape index (κ1) is 8.52. The molecule has 0 radical (unpaired) electrons. The van der Waals surface area contributed by atoms with Crippen LogP contribution in [0.15, 0.2) is 0 Å². The van der Waals surface area contributed by atoms with Crippen LogP contribution in [0.4, 0.5) is 0 Å². The lowest BCUT2D eigenvalue weighted by Gasteiger charge is -2.32. The van der Waals surface area contributed by atoms with Crippen molar-refractivity contribution in [3.05, 3.63) is 0 Å². The van der Waals surface area contributed by atoms with Crippen molar-refractivity contribution in [2.24, 2.45) is 5.92 Å². The summed E-state index contributed by atoms with van der Waals surface area (Å²) >= 11 is 0. The molecule has 2 fully saturated rings. The molecule has 2 atom stereocenters. The van der Waals surface area contributed by atoms with Crippen molar-refractivity contribution in [1.29, 1.82) is 0 Å². The summed E-state index contributed by atoms with van der Waals surface area (Å²) in [6.07, 6.45) is 5.17. The highest BCUT2D eigenvalue weighted by Crippen LogP contribution is 2.29. The van der Waals surface area contributed by atoms with Crippen LogP contribution in [0.2, 0.25) is 0 Å². The molecule has 1 aliphatic heterocycles. The Labute approximate surface area is 74.6 Å². The second-order valence-electron chi connectivity index (χ2n) is 4.39. The van der Waals surface area contributed by atoms with Gasteiger partial charge in [0.25, 0.3) is 0 Å². The number of rotatable bonds is 2. The van der Waals surface area contributed by atoms with Crippen LogP contribution in [0, 0.1) is 5.92 Å². The normalized spacial score (nSPS) is 38.5.